The predicted molar refractivity (Wildman–Crippen MR) is 65.1 cm³/mol. The van der Waals surface area contributed by atoms with Crippen LogP contribution in [0, 0.1) is 0 Å². The maximum Gasteiger partial charge on any atom is 0.0998 e. The Morgan fingerprint density at radius 2 is 2.07 bits per heavy atom. The summed E-state index contributed by atoms with van der Waals surface area (Å²) in [5, 5.41) is 0. The van der Waals surface area contributed by atoms with Gasteiger partial charge in [0, 0.05) is 13.1 Å². The van der Waals surface area contributed by atoms with Crippen molar-refractivity contribution in [2.24, 2.45) is 9.98 Å². The van der Waals surface area contributed by atoms with Crippen molar-refractivity contribution in [2.45, 2.75) is 6.92 Å². The lowest BCUT2D eigenvalue weighted by molar-refractivity contribution is 0.610. The minimum absolute atomic E-state index is 0.923. The van der Waals surface area contributed by atoms with Crippen molar-refractivity contribution in [3.8, 4) is 0 Å². The first-order valence-corrected chi connectivity index (χ1v) is 5.06. The number of hydrogen-bond donors (Lipinski definition) is 0. The lowest BCUT2D eigenvalue weighted by atomic mass is 10.5. The van der Waals surface area contributed by atoms with E-state index in [4.69, 9.17) is 0 Å². The molecule has 0 spiro atoms. The summed E-state index contributed by atoms with van der Waals surface area (Å²) in [6, 6.07) is 0. The highest BCUT2D eigenvalue weighted by Crippen LogP contribution is 1.99. The summed E-state index contributed by atoms with van der Waals surface area (Å²) in [5.41, 5.74) is 0. The van der Waals surface area contributed by atoms with E-state index in [9.17, 15) is 0 Å². The van der Waals surface area contributed by atoms with Gasteiger partial charge in [-0.15, -0.1) is 0 Å². The largest absolute Gasteiger partial charge is 0.338 e. The monoisotopic (exact) mass is 206 g/mol. The molecule has 0 saturated carbocycles. The van der Waals surface area contributed by atoms with Gasteiger partial charge in [0.15, 0.2) is 0 Å². The van der Waals surface area contributed by atoms with Crippen LogP contribution in [-0.2, 0) is 0 Å². The molecule has 0 saturated heterocycles. The molecule has 0 atom stereocenters. The fourth-order valence-electron chi connectivity index (χ4n) is 1.33. The van der Waals surface area contributed by atoms with Crippen LogP contribution in [0.2, 0.25) is 0 Å². The Morgan fingerprint density at radius 3 is 2.33 bits per heavy atom. The van der Waals surface area contributed by atoms with E-state index in [0.717, 1.165) is 32.0 Å². The number of amidine groups is 1. The van der Waals surface area contributed by atoms with Gasteiger partial charge in [-0.05, 0) is 19.3 Å². The van der Waals surface area contributed by atoms with Gasteiger partial charge in [-0.2, -0.15) is 0 Å². The van der Waals surface area contributed by atoms with Gasteiger partial charge in [-0.25, -0.2) is 0 Å². The molecule has 0 radical (unpaired) electrons. The van der Waals surface area contributed by atoms with Crippen molar-refractivity contribution in [1.29, 1.82) is 0 Å². The van der Waals surface area contributed by atoms with Gasteiger partial charge in [0.25, 0.3) is 0 Å². The fraction of sp³-hybridized carbons (Fsp3) is 0.455. The third-order valence-electron chi connectivity index (χ3n) is 2.27. The Kier molecular flexibility index (Phi) is 4.60. The molecule has 2 aliphatic rings. The van der Waals surface area contributed by atoms with Crippen molar-refractivity contribution in [3.05, 3.63) is 25.6 Å². The Balaban J connectivity index is 0.000000151. The summed E-state index contributed by atoms with van der Waals surface area (Å²) < 4.78 is 0. The smallest absolute Gasteiger partial charge is 0.0998 e. The van der Waals surface area contributed by atoms with Crippen LogP contribution in [0.15, 0.2) is 35.5 Å². The van der Waals surface area contributed by atoms with E-state index >= 15 is 0 Å². The molecule has 2 rings (SSSR count). The quantitative estimate of drug-likeness (QED) is 0.682. The topological polar surface area (TPSA) is 31.2 Å². The summed E-state index contributed by atoms with van der Waals surface area (Å²) in [6.07, 6.45) is 5.38. The van der Waals surface area contributed by atoms with Crippen molar-refractivity contribution in [2.75, 3.05) is 26.2 Å². The average molecular weight is 206 g/mol. The molecule has 0 aliphatic carbocycles. The Bertz CT molecular complexity index is 280. The zero-order valence-electron chi connectivity index (χ0n) is 9.26. The molecule has 0 aromatic carbocycles. The van der Waals surface area contributed by atoms with Crippen LogP contribution in [0.25, 0.3) is 0 Å². The summed E-state index contributed by atoms with van der Waals surface area (Å²) in [6.45, 7) is 13.1. The zero-order valence-corrected chi connectivity index (χ0v) is 9.26. The van der Waals surface area contributed by atoms with Crippen molar-refractivity contribution >= 4 is 12.2 Å². The molecule has 0 N–H and O–H groups in total. The molecule has 0 amide bonds. The van der Waals surface area contributed by atoms with Crippen molar-refractivity contribution in [1.82, 2.24) is 9.80 Å². The van der Waals surface area contributed by atoms with Crippen LogP contribution in [0.4, 0.5) is 0 Å². The molecule has 82 valence electrons. The molecular formula is C11H18N4. The molecule has 2 aliphatic heterocycles. The maximum absolute atomic E-state index is 4.16. The minimum atomic E-state index is 0.923. The van der Waals surface area contributed by atoms with Gasteiger partial charge in [-0.1, -0.05) is 13.2 Å². The first-order valence-electron chi connectivity index (χ1n) is 5.06. The SMILES string of the molecule is C=CN1C=NCC1.C=CN1CCN=C1C. The maximum atomic E-state index is 4.16. The van der Waals surface area contributed by atoms with Crippen LogP contribution in [0.3, 0.4) is 0 Å². The van der Waals surface area contributed by atoms with Crippen LogP contribution >= 0.6 is 0 Å². The van der Waals surface area contributed by atoms with Gasteiger partial charge in [0.05, 0.1) is 25.3 Å². The van der Waals surface area contributed by atoms with E-state index in [1.54, 1.807) is 12.5 Å². The molecule has 0 fully saturated rings. The minimum Gasteiger partial charge on any atom is -0.338 e. The molecule has 0 aromatic rings. The van der Waals surface area contributed by atoms with E-state index in [1.165, 1.54) is 0 Å². The van der Waals surface area contributed by atoms with Gasteiger partial charge in [0.2, 0.25) is 0 Å². The number of aliphatic imine (C=N–C) groups is 2. The molecule has 0 bridgehead atoms. The van der Waals surface area contributed by atoms with Gasteiger partial charge in [-0.3, -0.25) is 9.98 Å². The molecule has 4 heteroatoms. The summed E-state index contributed by atoms with van der Waals surface area (Å²) >= 11 is 0. The number of rotatable bonds is 2. The van der Waals surface area contributed by atoms with Crippen molar-refractivity contribution in [3.63, 3.8) is 0 Å². The Morgan fingerprint density at radius 1 is 1.27 bits per heavy atom. The Labute approximate surface area is 91.3 Å². The number of nitrogens with zero attached hydrogens (tertiary/aromatic N) is 4. The van der Waals surface area contributed by atoms with Gasteiger partial charge in [0.1, 0.15) is 0 Å². The standard InChI is InChI=1S/C6H10N2.C5H8N2/c1-3-8-5-4-7-6(8)2;1-2-7-4-3-6-5-7/h3H,1,4-5H2,2H3;2,5H,1,3-4H2. The van der Waals surface area contributed by atoms with E-state index < -0.39 is 0 Å². The predicted octanol–water partition coefficient (Wildman–Crippen LogP) is 1.34. The first-order chi connectivity index (χ1) is 7.27. The van der Waals surface area contributed by atoms with E-state index in [1.807, 2.05) is 22.9 Å². The highest BCUT2D eigenvalue weighted by Gasteiger charge is 2.06. The molecule has 4 nitrogen and oxygen atoms in total. The van der Waals surface area contributed by atoms with Gasteiger partial charge < -0.3 is 9.80 Å². The molecule has 2 heterocycles. The summed E-state index contributed by atoms with van der Waals surface area (Å²) in [7, 11) is 0. The lowest BCUT2D eigenvalue weighted by Gasteiger charge is -2.09. The Hall–Kier alpha value is -1.58. The zero-order chi connectivity index (χ0) is 11.1. The summed E-state index contributed by atoms with van der Waals surface area (Å²) in [5.74, 6) is 1.08. The fourth-order valence-corrected chi connectivity index (χ4v) is 1.33. The van der Waals surface area contributed by atoms with Crippen LogP contribution in [-0.4, -0.2) is 48.2 Å². The molecule has 0 unspecified atom stereocenters. The first kappa shape index (κ1) is 11.5. The second kappa shape index (κ2) is 6.01. The van der Waals surface area contributed by atoms with Crippen LogP contribution in [0.1, 0.15) is 6.92 Å². The number of hydrogen-bond acceptors (Lipinski definition) is 4. The van der Waals surface area contributed by atoms with Crippen molar-refractivity contribution < 1.29 is 0 Å². The van der Waals surface area contributed by atoms with Gasteiger partial charge >= 0.3 is 0 Å². The highest BCUT2D eigenvalue weighted by molar-refractivity contribution is 5.81. The second-order valence-corrected chi connectivity index (χ2v) is 3.25. The lowest BCUT2D eigenvalue weighted by Crippen LogP contribution is -2.17. The third kappa shape index (κ3) is 3.58. The normalized spacial score (nSPS) is 18.3. The van der Waals surface area contributed by atoms with Crippen LogP contribution < -0.4 is 0 Å². The second-order valence-electron chi connectivity index (χ2n) is 3.25. The van der Waals surface area contributed by atoms with E-state index in [-0.39, 0.29) is 0 Å². The highest BCUT2D eigenvalue weighted by atomic mass is 15.2. The van der Waals surface area contributed by atoms with E-state index in [0.29, 0.717) is 0 Å². The third-order valence-corrected chi connectivity index (χ3v) is 2.27. The molecule has 15 heavy (non-hydrogen) atoms. The molecular weight excluding hydrogens is 188 g/mol. The average Bonchev–Trinajstić information content (AvgIpc) is 2.88. The summed E-state index contributed by atoms with van der Waals surface area (Å²) in [4.78, 5) is 12.1. The molecule has 0 aromatic heterocycles. The van der Waals surface area contributed by atoms with E-state index in [2.05, 4.69) is 23.1 Å². The van der Waals surface area contributed by atoms with Crippen LogP contribution in [0.5, 0.6) is 0 Å².